The third-order valence-electron chi connectivity index (χ3n) is 6.60. The SMILES string of the molecule is CCC1(CCCc2ccc(COCC3(CC)COC3)cc2)CCC1. The molecule has 0 atom stereocenters. The van der Waals surface area contributed by atoms with E-state index in [4.69, 9.17) is 9.47 Å². The van der Waals surface area contributed by atoms with Crippen molar-refractivity contribution in [2.75, 3.05) is 19.8 Å². The Morgan fingerprint density at radius 2 is 1.62 bits per heavy atom. The van der Waals surface area contributed by atoms with Gasteiger partial charge in [0.05, 0.1) is 26.4 Å². The average molecular weight is 331 g/mol. The van der Waals surface area contributed by atoms with Gasteiger partial charge in [-0.15, -0.1) is 0 Å². The van der Waals surface area contributed by atoms with Crippen molar-refractivity contribution in [3.63, 3.8) is 0 Å². The van der Waals surface area contributed by atoms with Crippen molar-refractivity contribution in [1.82, 2.24) is 0 Å². The van der Waals surface area contributed by atoms with Crippen molar-refractivity contribution < 1.29 is 9.47 Å². The van der Waals surface area contributed by atoms with E-state index in [0.717, 1.165) is 32.8 Å². The number of rotatable bonds is 10. The minimum absolute atomic E-state index is 0.288. The molecule has 0 spiro atoms. The predicted octanol–water partition coefficient (Wildman–Crippen LogP) is 5.53. The second-order valence-electron chi connectivity index (χ2n) is 8.22. The van der Waals surface area contributed by atoms with Gasteiger partial charge in [-0.05, 0) is 55.1 Å². The molecule has 24 heavy (non-hydrogen) atoms. The van der Waals surface area contributed by atoms with Gasteiger partial charge in [0.15, 0.2) is 0 Å². The Kier molecular flexibility index (Phi) is 5.99. The summed E-state index contributed by atoms with van der Waals surface area (Å²) in [6.07, 6.45) is 10.9. The smallest absolute Gasteiger partial charge is 0.0717 e. The molecule has 1 aromatic carbocycles. The molecule has 1 heterocycles. The van der Waals surface area contributed by atoms with Crippen LogP contribution in [0.4, 0.5) is 0 Å². The summed E-state index contributed by atoms with van der Waals surface area (Å²) in [7, 11) is 0. The van der Waals surface area contributed by atoms with Crippen LogP contribution in [0.2, 0.25) is 0 Å². The first-order valence-corrected chi connectivity index (χ1v) is 9.93. The summed E-state index contributed by atoms with van der Waals surface area (Å²) in [4.78, 5) is 0. The molecule has 1 aliphatic heterocycles. The first-order valence-electron chi connectivity index (χ1n) is 9.93. The lowest BCUT2D eigenvalue weighted by atomic mass is 9.64. The molecule has 0 radical (unpaired) electrons. The van der Waals surface area contributed by atoms with Crippen LogP contribution in [0, 0.1) is 10.8 Å². The molecule has 1 saturated carbocycles. The summed E-state index contributed by atoms with van der Waals surface area (Å²) in [6, 6.07) is 9.06. The normalized spacial score (nSPS) is 21.1. The quantitative estimate of drug-likeness (QED) is 0.561. The van der Waals surface area contributed by atoms with E-state index in [1.807, 2.05) is 0 Å². The number of hydrogen-bond acceptors (Lipinski definition) is 2. The first-order chi connectivity index (χ1) is 11.7. The average Bonchev–Trinajstić information content (AvgIpc) is 2.54. The van der Waals surface area contributed by atoms with Crippen LogP contribution >= 0.6 is 0 Å². The molecule has 2 heteroatoms. The zero-order valence-corrected chi connectivity index (χ0v) is 15.6. The van der Waals surface area contributed by atoms with Crippen LogP contribution < -0.4 is 0 Å². The van der Waals surface area contributed by atoms with E-state index in [0.29, 0.717) is 5.41 Å². The van der Waals surface area contributed by atoms with E-state index in [9.17, 15) is 0 Å². The predicted molar refractivity (Wildman–Crippen MR) is 99.2 cm³/mol. The third-order valence-corrected chi connectivity index (χ3v) is 6.60. The Hall–Kier alpha value is -0.860. The van der Waals surface area contributed by atoms with Gasteiger partial charge >= 0.3 is 0 Å². The molecule has 2 fully saturated rings. The number of aryl methyl sites for hydroxylation is 1. The molecule has 0 N–H and O–H groups in total. The number of hydrogen-bond donors (Lipinski definition) is 0. The van der Waals surface area contributed by atoms with Crippen molar-refractivity contribution in [2.45, 2.75) is 71.8 Å². The lowest BCUT2D eigenvalue weighted by molar-refractivity contribution is -0.152. The number of benzene rings is 1. The maximum Gasteiger partial charge on any atom is 0.0717 e. The maximum absolute atomic E-state index is 5.94. The highest BCUT2D eigenvalue weighted by Gasteiger charge is 2.37. The topological polar surface area (TPSA) is 18.5 Å². The molecule has 2 aliphatic rings. The van der Waals surface area contributed by atoms with Crippen LogP contribution in [0.25, 0.3) is 0 Å². The van der Waals surface area contributed by atoms with E-state index < -0.39 is 0 Å². The fraction of sp³-hybridized carbons (Fsp3) is 0.727. The summed E-state index contributed by atoms with van der Waals surface area (Å²) in [5, 5.41) is 0. The van der Waals surface area contributed by atoms with Crippen molar-refractivity contribution in [1.29, 1.82) is 0 Å². The summed E-state index contributed by atoms with van der Waals surface area (Å²) < 4.78 is 11.3. The molecule has 2 nitrogen and oxygen atoms in total. The second kappa shape index (κ2) is 8.01. The summed E-state index contributed by atoms with van der Waals surface area (Å²) in [5.41, 5.74) is 3.75. The molecular formula is C22H34O2. The summed E-state index contributed by atoms with van der Waals surface area (Å²) >= 11 is 0. The van der Waals surface area contributed by atoms with Crippen LogP contribution in [-0.2, 0) is 22.5 Å². The van der Waals surface area contributed by atoms with E-state index in [-0.39, 0.29) is 5.41 Å². The van der Waals surface area contributed by atoms with Gasteiger partial charge in [0.25, 0.3) is 0 Å². The highest BCUT2D eigenvalue weighted by molar-refractivity contribution is 5.22. The Morgan fingerprint density at radius 1 is 0.958 bits per heavy atom. The molecule has 0 unspecified atom stereocenters. The van der Waals surface area contributed by atoms with Crippen molar-refractivity contribution in [3.8, 4) is 0 Å². The van der Waals surface area contributed by atoms with Gasteiger partial charge in [-0.1, -0.05) is 51.0 Å². The van der Waals surface area contributed by atoms with Crippen molar-refractivity contribution in [3.05, 3.63) is 35.4 Å². The standard InChI is InChI=1S/C22H34O2/c1-3-21(13-6-14-21)12-5-7-19-8-10-20(11-9-19)15-23-16-22(4-2)17-24-18-22/h8-11H,3-7,12-18H2,1-2H3. The van der Waals surface area contributed by atoms with Gasteiger partial charge < -0.3 is 9.47 Å². The highest BCUT2D eigenvalue weighted by atomic mass is 16.5. The van der Waals surface area contributed by atoms with Gasteiger partial charge in [-0.2, -0.15) is 0 Å². The monoisotopic (exact) mass is 330 g/mol. The molecule has 0 amide bonds. The largest absolute Gasteiger partial charge is 0.380 e. The zero-order valence-electron chi connectivity index (χ0n) is 15.6. The molecule has 1 saturated heterocycles. The fourth-order valence-electron chi connectivity index (χ4n) is 4.09. The second-order valence-corrected chi connectivity index (χ2v) is 8.22. The molecule has 3 rings (SSSR count). The summed E-state index contributed by atoms with van der Waals surface area (Å²) in [5.74, 6) is 0. The third kappa shape index (κ3) is 4.21. The van der Waals surface area contributed by atoms with Crippen LogP contribution in [0.1, 0.15) is 69.9 Å². The minimum Gasteiger partial charge on any atom is -0.380 e. The van der Waals surface area contributed by atoms with Crippen LogP contribution in [0.3, 0.4) is 0 Å². The summed E-state index contributed by atoms with van der Waals surface area (Å²) in [6.45, 7) is 7.87. The molecule has 1 aromatic rings. The zero-order chi connectivity index (χ0) is 16.9. The van der Waals surface area contributed by atoms with Gasteiger partial charge in [0, 0.05) is 5.41 Å². The number of ether oxygens (including phenoxy) is 2. The van der Waals surface area contributed by atoms with Gasteiger partial charge in [0.1, 0.15) is 0 Å². The van der Waals surface area contributed by atoms with Gasteiger partial charge in [-0.25, -0.2) is 0 Å². The van der Waals surface area contributed by atoms with Crippen molar-refractivity contribution >= 4 is 0 Å². The highest BCUT2D eigenvalue weighted by Crippen LogP contribution is 2.47. The van der Waals surface area contributed by atoms with Crippen LogP contribution in [0.5, 0.6) is 0 Å². The molecule has 0 aromatic heterocycles. The first kappa shape index (κ1) is 17.9. The molecule has 0 bridgehead atoms. The maximum atomic E-state index is 5.94. The van der Waals surface area contributed by atoms with Crippen LogP contribution in [0.15, 0.2) is 24.3 Å². The van der Waals surface area contributed by atoms with Crippen molar-refractivity contribution in [2.24, 2.45) is 10.8 Å². The Bertz CT molecular complexity index is 439. The van der Waals surface area contributed by atoms with E-state index in [1.165, 1.54) is 56.1 Å². The lowest BCUT2D eigenvalue weighted by Gasteiger charge is -2.41. The lowest BCUT2D eigenvalue weighted by Crippen LogP contribution is -2.45. The Morgan fingerprint density at radius 3 is 2.12 bits per heavy atom. The van der Waals surface area contributed by atoms with E-state index in [2.05, 4.69) is 38.1 Å². The molecular weight excluding hydrogens is 296 g/mol. The fourth-order valence-corrected chi connectivity index (χ4v) is 4.09. The van der Waals surface area contributed by atoms with Gasteiger partial charge in [-0.3, -0.25) is 0 Å². The molecule has 134 valence electrons. The Labute approximate surface area is 147 Å². The molecule has 1 aliphatic carbocycles. The Balaban J connectivity index is 1.37. The van der Waals surface area contributed by atoms with E-state index in [1.54, 1.807) is 0 Å². The van der Waals surface area contributed by atoms with Crippen LogP contribution in [-0.4, -0.2) is 19.8 Å². The van der Waals surface area contributed by atoms with Gasteiger partial charge in [0.2, 0.25) is 0 Å². The van der Waals surface area contributed by atoms with E-state index >= 15 is 0 Å². The minimum atomic E-state index is 0.288.